The lowest BCUT2D eigenvalue weighted by Gasteiger charge is -2.33. The van der Waals surface area contributed by atoms with E-state index < -0.39 is 5.60 Å². The van der Waals surface area contributed by atoms with E-state index in [1.165, 1.54) is 6.33 Å². The van der Waals surface area contributed by atoms with Crippen LogP contribution in [0.25, 0.3) is 27.1 Å². The van der Waals surface area contributed by atoms with Gasteiger partial charge in [-0.1, -0.05) is 18.2 Å². The monoisotopic (exact) mass is 551 g/mol. The van der Waals surface area contributed by atoms with Crippen molar-refractivity contribution in [1.82, 2.24) is 24.6 Å². The number of carbonyl (C=O) groups is 1. The zero-order valence-corrected chi connectivity index (χ0v) is 23.4. The van der Waals surface area contributed by atoms with E-state index >= 15 is 0 Å². The number of nitrogens with zero attached hydrogens (tertiary/aromatic N) is 6. The molecule has 3 heterocycles. The van der Waals surface area contributed by atoms with Gasteiger partial charge in [-0.15, -0.1) is 0 Å². The molecule has 0 spiro atoms. The largest absolute Gasteiger partial charge is 0.457 e. The molecule has 1 aliphatic heterocycles. The highest BCUT2D eigenvalue weighted by molar-refractivity contribution is 5.98. The van der Waals surface area contributed by atoms with Crippen LogP contribution in [0.4, 0.5) is 5.82 Å². The standard InChI is InChI=1S/C31H33N7O3/c1-5-40-31(2,3)18-25(33-4)30(39)37-17-9-10-22(19-37)38-29-26(28(32)34-20-35-29)27(36-38)21-13-15-24(16-14-21)41-23-11-7-6-8-12-23/h6-8,11-16,18,20,22H,5,9-10,17,19H2,1-3H3,(H2,32,34,35)/b25-18-/t22-/m1/s1. The number of nitrogen functional groups attached to an aromatic ring is 1. The van der Waals surface area contributed by atoms with Gasteiger partial charge in [-0.3, -0.25) is 4.79 Å². The zero-order valence-electron chi connectivity index (χ0n) is 23.4. The second kappa shape index (κ2) is 11.8. The maximum Gasteiger partial charge on any atom is 0.252 e. The minimum Gasteiger partial charge on any atom is -0.457 e. The molecule has 1 aliphatic rings. The molecule has 2 N–H and O–H groups in total. The Kier molecular flexibility index (Phi) is 7.99. The minimum atomic E-state index is -0.720. The van der Waals surface area contributed by atoms with E-state index in [0.717, 1.165) is 24.2 Å². The Morgan fingerprint density at radius 2 is 1.88 bits per heavy atom. The van der Waals surface area contributed by atoms with Gasteiger partial charge in [-0.25, -0.2) is 19.5 Å². The molecule has 4 aromatic rings. The van der Waals surface area contributed by atoms with Crippen LogP contribution in [0.15, 0.2) is 72.7 Å². The fourth-order valence-corrected chi connectivity index (χ4v) is 5.14. The molecule has 0 radical (unpaired) electrons. The maximum absolute atomic E-state index is 13.4. The number of hydrogen-bond acceptors (Lipinski definition) is 7. The van der Waals surface area contributed by atoms with Crippen molar-refractivity contribution in [2.45, 2.75) is 45.3 Å². The number of hydrogen-bond donors (Lipinski definition) is 1. The van der Waals surface area contributed by atoms with E-state index in [4.69, 9.17) is 26.9 Å². The molecule has 0 saturated carbocycles. The molecule has 5 rings (SSSR count). The van der Waals surface area contributed by atoms with Gasteiger partial charge in [-0.05, 0) is 76.1 Å². The van der Waals surface area contributed by atoms with Crippen LogP contribution >= 0.6 is 0 Å². The molecule has 2 aromatic heterocycles. The SMILES string of the molecule is [C-]#[N+]/C(=C\C(C)(C)OCC)C(=O)N1CCC[C@@H](n2nc(-c3ccc(Oc4ccccc4)cc3)c3c(N)ncnc32)C1. The smallest absolute Gasteiger partial charge is 0.252 e. The zero-order chi connectivity index (χ0) is 29.0. The van der Waals surface area contributed by atoms with E-state index in [1.54, 1.807) is 11.0 Å². The highest BCUT2D eigenvalue weighted by atomic mass is 16.5. The fourth-order valence-electron chi connectivity index (χ4n) is 5.14. The Balaban J connectivity index is 1.43. The number of rotatable bonds is 8. The van der Waals surface area contributed by atoms with E-state index in [1.807, 2.05) is 80.1 Å². The second-order valence-corrected chi connectivity index (χ2v) is 10.4. The van der Waals surface area contributed by atoms with Gasteiger partial charge in [0.2, 0.25) is 5.70 Å². The van der Waals surface area contributed by atoms with Gasteiger partial charge in [0, 0.05) is 25.3 Å². The Morgan fingerprint density at radius 1 is 1.15 bits per heavy atom. The van der Waals surface area contributed by atoms with E-state index in [0.29, 0.717) is 48.0 Å². The van der Waals surface area contributed by atoms with Crippen molar-refractivity contribution in [2.24, 2.45) is 0 Å². The lowest BCUT2D eigenvalue weighted by molar-refractivity contribution is -0.128. The predicted molar refractivity (Wildman–Crippen MR) is 157 cm³/mol. The summed E-state index contributed by atoms with van der Waals surface area (Å²) in [4.78, 5) is 27.4. The molecule has 10 nitrogen and oxygen atoms in total. The van der Waals surface area contributed by atoms with Crippen molar-refractivity contribution in [3.63, 3.8) is 0 Å². The number of aromatic nitrogens is 4. The van der Waals surface area contributed by atoms with Crippen molar-refractivity contribution in [3.05, 3.63) is 84.1 Å². The molecule has 1 fully saturated rings. The van der Waals surface area contributed by atoms with Gasteiger partial charge in [0.1, 0.15) is 29.3 Å². The number of fused-ring (bicyclic) bond motifs is 1. The summed E-state index contributed by atoms with van der Waals surface area (Å²) >= 11 is 0. The van der Waals surface area contributed by atoms with Crippen molar-refractivity contribution in [3.8, 4) is 22.8 Å². The Morgan fingerprint density at radius 3 is 2.59 bits per heavy atom. The third-order valence-electron chi connectivity index (χ3n) is 6.99. The second-order valence-electron chi connectivity index (χ2n) is 10.4. The number of likely N-dealkylation sites (tertiary alicyclic amines) is 1. The number of nitrogens with two attached hydrogens (primary N) is 1. The molecule has 41 heavy (non-hydrogen) atoms. The molecule has 1 saturated heterocycles. The van der Waals surface area contributed by atoms with Gasteiger partial charge < -0.3 is 20.1 Å². The molecule has 10 heteroatoms. The van der Waals surface area contributed by atoms with Crippen LogP contribution in [0.2, 0.25) is 0 Å². The molecule has 1 amide bonds. The summed E-state index contributed by atoms with van der Waals surface area (Å²) in [5.74, 6) is 1.48. The quantitative estimate of drug-likeness (QED) is 0.222. The van der Waals surface area contributed by atoms with E-state index in [9.17, 15) is 4.79 Å². The number of piperidine rings is 1. The van der Waals surface area contributed by atoms with Crippen LogP contribution in [-0.4, -0.2) is 55.9 Å². The first kappa shape index (κ1) is 27.8. The third-order valence-corrected chi connectivity index (χ3v) is 6.99. The summed E-state index contributed by atoms with van der Waals surface area (Å²) in [6.07, 6.45) is 4.60. The Bertz CT molecular complexity index is 1600. The third kappa shape index (κ3) is 6.05. The highest BCUT2D eigenvalue weighted by Gasteiger charge is 2.31. The summed E-state index contributed by atoms with van der Waals surface area (Å²) in [5, 5.41) is 5.62. The molecular weight excluding hydrogens is 518 g/mol. The van der Waals surface area contributed by atoms with Gasteiger partial charge in [-0.2, -0.15) is 5.10 Å². The molecule has 0 unspecified atom stereocenters. The number of anilines is 1. The maximum atomic E-state index is 13.4. The average Bonchev–Trinajstić information content (AvgIpc) is 3.38. The van der Waals surface area contributed by atoms with Crippen LogP contribution in [0.1, 0.15) is 39.7 Å². The summed E-state index contributed by atoms with van der Waals surface area (Å²) < 4.78 is 13.5. The Hall–Kier alpha value is -4.75. The van der Waals surface area contributed by atoms with Crippen molar-refractivity contribution < 1.29 is 14.3 Å². The highest BCUT2D eigenvalue weighted by Crippen LogP contribution is 2.35. The van der Waals surface area contributed by atoms with Gasteiger partial charge >= 0.3 is 0 Å². The predicted octanol–water partition coefficient (Wildman–Crippen LogP) is 5.65. The number of ether oxygens (including phenoxy) is 2. The molecule has 0 bridgehead atoms. The summed E-state index contributed by atoms with van der Waals surface area (Å²) in [6, 6.07) is 17.1. The first-order chi connectivity index (χ1) is 19.8. The number of amides is 1. The molecule has 0 aliphatic carbocycles. The van der Waals surface area contributed by atoms with Crippen LogP contribution in [0.5, 0.6) is 11.5 Å². The van der Waals surface area contributed by atoms with Crippen LogP contribution in [0.3, 0.4) is 0 Å². The first-order valence-electron chi connectivity index (χ1n) is 13.6. The normalized spacial score (nSPS) is 16.0. The van der Waals surface area contributed by atoms with Gasteiger partial charge in [0.05, 0.1) is 23.6 Å². The molecular formula is C31H33N7O3. The van der Waals surface area contributed by atoms with Crippen LogP contribution < -0.4 is 10.5 Å². The lowest BCUT2D eigenvalue weighted by Crippen LogP contribution is -2.41. The van der Waals surface area contributed by atoms with Crippen LogP contribution in [-0.2, 0) is 9.53 Å². The topological polar surface area (TPSA) is 113 Å². The fraction of sp³-hybridized carbons (Fsp3) is 0.323. The summed E-state index contributed by atoms with van der Waals surface area (Å²) in [6.45, 7) is 14.6. The molecule has 210 valence electrons. The van der Waals surface area contributed by atoms with Crippen molar-refractivity contribution >= 4 is 22.8 Å². The number of benzene rings is 2. The van der Waals surface area contributed by atoms with Gasteiger partial charge in [0.15, 0.2) is 5.65 Å². The molecule has 2 aromatic carbocycles. The summed E-state index contributed by atoms with van der Waals surface area (Å²) in [5.41, 5.74) is 7.79. The first-order valence-corrected chi connectivity index (χ1v) is 13.6. The van der Waals surface area contributed by atoms with Crippen molar-refractivity contribution in [2.75, 3.05) is 25.4 Å². The van der Waals surface area contributed by atoms with Crippen LogP contribution in [0, 0.1) is 6.57 Å². The van der Waals surface area contributed by atoms with E-state index in [2.05, 4.69) is 14.8 Å². The number of carbonyl (C=O) groups excluding carboxylic acids is 1. The Labute approximate surface area is 239 Å². The van der Waals surface area contributed by atoms with Gasteiger partial charge in [0.25, 0.3) is 5.91 Å². The molecule has 1 atom stereocenters. The minimum absolute atomic E-state index is 0.0551. The van der Waals surface area contributed by atoms with E-state index in [-0.39, 0.29) is 17.6 Å². The summed E-state index contributed by atoms with van der Waals surface area (Å²) in [7, 11) is 0. The van der Waals surface area contributed by atoms with Crippen molar-refractivity contribution in [1.29, 1.82) is 0 Å². The number of para-hydroxylation sites is 1. The average molecular weight is 552 g/mol. The lowest BCUT2D eigenvalue weighted by atomic mass is 10.0.